The molecule has 4 N–H and O–H groups in total. The molecule has 1 heterocycles. The number of nitrogens with one attached hydrogen (secondary N) is 4. The molecule has 0 radical (unpaired) electrons. The fraction of sp³-hybridized carbons (Fsp3) is 0.286. The second-order valence-corrected chi connectivity index (χ2v) is 7.23. The van der Waals surface area contributed by atoms with E-state index in [1.807, 2.05) is 62.4 Å². The van der Waals surface area contributed by atoms with Crippen LogP contribution < -0.4 is 21.5 Å². The zero-order valence-electron chi connectivity index (χ0n) is 17.2. The van der Waals surface area contributed by atoms with Crippen LogP contribution in [0, 0.1) is 0 Å². The fourth-order valence-corrected chi connectivity index (χ4v) is 2.68. The smallest absolute Gasteiger partial charge is 0.186 e. The summed E-state index contributed by atoms with van der Waals surface area (Å²) in [6, 6.07) is 15.6. The van der Waals surface area contributed by atoms with E-state index in [2.05, 4.69) is 36.7 Å². The molecular weight excluding hydrogens is 414 g/mol. The molecule has 0 saturated carbocycles. The van der Waals surface area contributed by atoms with Gasteiger partial charge in [0.05, 0.1) is 17.1 Å². The first-order valence-corrected chi connectivity index (χ1v) is 10.5. The van der Waals surface area contributed by atoms with E-state index in [4.69, 9.17) is 24.4 Å². The molecular formula is C21H27N7S2. The van der Waals surface area contributed by atoms with Crippen LogP contribution in [0.2, 0.25) is 0 Å². The minimum Gasteiger partial charge on any atom is -0.361 e. The molecule has 0 fully saturated rings. The number of pyridine rings is 1. The highest BCUT2D eigenvalue weighted by Gasteiger charge is 2.00. The van der Waals surface area contributed by atoms with E-state index >= 15 is 0 Å². The molecule has 2 aromatic rings. The van der Waals surface area contributed by atoms with Crippen LogP contribution in [-0.2, 0) is 0 Å². The summed E-state index contributed by atoms with van der Waals surface area (Å²) in [5.74, 6) is 0. The summed E-state index contributed by atoms with van der Waals surface area (Å²) in [5, 5.41) is 15.8. The molecule has 9 heteroatoms. The van der Waals surface area contributed by atoms with Crippen molar-refractivity contribution < 1.29 is 0 Å². The maximum Gasteiger partial charge on any atom is 0.186 e. The van der Waals surface area contributed by atoms with Crippen molar-refractivity contribution in [2.24, 2.45) is 10.2 Å². The quantitative estimate of drug-likeness (QED) is 0.206. The Morgan fingerprint density at radius 1 is 0.800 bits per heavy atom. The van der Waals surface area contributed by atoms with E-state index in [1.165, 1.54) is 0 Å². The van der Waals surface area contributed by atoms with Gasteiger partial charge in [0, 0.05) is 19.3 Å². The molecule has 0 spiro atoms. The molecule has 30 heavy (non-hydrogen) atoms. The van der Waals surface area contributed by atoms with Crippen LogP contribution in [0.4, 0.5) is 0 Å². The number of nitrogens with zero attached hydrogens (tertiary/aromatic N) is 3. The summed E-state index contributed by atoms with van der Waals surface area (Å²) >= 11 is 10.5. The number of aromatic nitrogens is 1. The van der Waals surface area contributed by atoms with Gasteiger partial charge in [-0.2, -0.15) is 10.2 Å². The Bertz CT molecular complexity index is 794. The van der Waals surface area contributed by atoms with Gasteiger partial charge < -0.3 is 10.6 Å². The summed E-state index contributed by atoms with van der Waals surface area (Å²) in [6.07, 6.45) is 3.61. The zero-order chi connectivity index (χ0) is 21.6. The Kier molecular flexibility index (Phi) is 10.4. The lowest BCUT2D eigenvalue weighted by atomic mass is 10.1. The van der Waals surface area contributed by atoms with Crippen LogP contribution in [0.5, 0.6) is 0 Å². The molecule has 0 unspecified atom stereocenters. The van der Waals surface area contributed by atoms with Crippen molar-refractivity contribution in [3.63, 3.8) is 0 Å². The maximum absolute atomic E-state index is 5.25. The Hall–Kier alpha value is -2.91. The number of unbranched alkanes of at least 4 members (excludes halogenated alkanes) is 1. The average Bonchev–Trinajstić information content (AvgIpc) is 2.79. The van der Waals surface area contributed by atoms with Crippen LogP contribution in [0.3, 0.4) is 0 Å². The van der Waals surface area contributed by atoms with Crippen LogP contribution in [0.1, 0.15) is 37.9 Å². The third kappa shape index (κ3) is 9.06. The molecule has 2 rings (SSSR count). The van der Waals surface area contributed by atoms with Crippen LogP contribution >= 0.6 is 24.4 Å². The van der Waals surface area contributed by atoms with Crippen molar-refractivity contribution in [2.45, 2.75) is 26.7 Å². The van der Waals surface area contributed by atoms with E-state index < -0.39 is 0 Å². The third-order valence-electron chi connectivity index (χ3n) is 4.05. The molecule has 7 nitrogen and oxygen atoms in total. The van der Waals surface area contributed by atoms with Crippen LogP contribution in [0.15, 0.2) is 64.9 Å². The van der Waals surface area contributed by atoms with Gasteiger partial charge in [-0.05, 0) is 68.8 Å². The summed E-state index contributed by atoms with van der Waals surface area (Å²) in [7, 11) is 0. The summed E-state index contributed by atoms with van der Waals surface area (Å²) in [6.45, 7) is 5.32. The SMILES string of the molecule is C/C(=N/NC(=S)NCCCCNC(=S)N/N=C(\C)c1ccccc1)c1ccccn1. The molecule has 1 aromatic heterocycles. The van der Waals surface area contributed by atoms with Gasteiger partial charge in [0.1, 0.15) is 0 Å². The predicted octanol–water partition coefficient (Wildman–Crippen LogP) is 2.94. The van der Waals surface area contributed by atoms with Gasteiger partial charge in [-0.25, -0.2) is 0 Å². The minimum absolute atomic E-state index is 0.487. The fourth-order valence-electron chi connectivity index (χ4n) is 2.38. The van der Waals surface area contributed by atoms with Crippen molar-refractivity contribution in [3.8, 4) is 0 Å². The van der Waals surface area contributed by atoms with Crippen molar-refractivity contribution in [1.29, 1.82) is 0 Å². The molecule has 0 aliphatic carbocycles. The molecule has 0 aliphatic heterocycles. The number of rotatable bonds is 9. The van der Waals surface area contributed by atoms with Gasteiger partial charge in [0.15, 0.2) is 10.2 Å². The molecule has 0 aliphatic rings. The van der Waals surface area contributed by atoms with Gasteiger partial charge >= 0.3 is 0 Å². The summed E-state index contributed by atoms with van der Waals surface area (Å²) in [4.78, 5) is 4.24. The Morgan fingerprint density at radius 2 is 1.37 bits per heavy atom. The average molecular weight is 442 g/mol. The topological polar surface area (TPSA) is 85.7 Å². The lowest BCUT2D eigenvalue weighted by molar-refractivity contribution is 0.682. The summed E-state index contributed by atoms with van der Waals surface area (Å²) < 4.78 is 0. The standard InChI is InChI=1S/C21H27N7S2/c1-16(18-10-4-3-5-11-18)25-27-20(29)23-14-8-9-15-24-21(30)28-26-17(2)19-12-6-7-13-22-19/h3-7,10-13H,8-9,14-15H2,1-2H3,(H2,23,27,29)(H2,24,28,30)/b25-16+,26-17-. The minimum atomic E-state index is 0.487. The number of thiocarbonyl (C=S) groups is 2. The van der Waals surface area contributed by atoms with E-state index in [-0.39, 0.29) is 0 Å². The molecule has 1 aromatic carbocycles. The number of benzene rings is 1. The highest BCUT2D eigenvalue weighted by molar-refractivity contribution is 7.80. The van der Waals surface area contributed by atoms with Crippen molar-refractivity contribution >= 4 is 46.1 Å². The molecule has 0 amide bonds. The normalized spacial score (nSPS) is 11.5. The third-order valence-corrected chi connectivity index (χ3v) is 4.52. The van der Waals surface area contributed by atoms with Crippen molar-refractivity contribution in [2.75, 3.05) is 13.1 Å². The van der Waals surface area contributed by atoms with E-state index in [9.17, 15) is 0 Å². The lowest BCUT2D eigenvalue weighted by Gasteiger charge is -2.09. The van der Waals surface area contributed by atoms with Gasteiger partial charge in [-0.1, -0.05) is 36.4 Å². The second kappa shape index (κ2) is 13.3. The van der Waals surface area contributed by atoms with E-state index in [1.54, 1.807) is 6.20 Å². The highest BCUT2D eigenvalue weighted by atomic mass is 32.1. The van der Waals surface area contributed by atoms with Crippen molar-refractivity contribution in [3.05, 3.63) is 66.0 Å². The predicted molar refractivity (Wildman–Crippen MR) is 132 cm³/mol. The first kappa shape index (κ1) is 23.4. The Balaban J connectivity index is 1.55. The lowest BCUT2D eigenvalue weighted by Crippen LogP contribution is -2.35. The van der Waals surface area contributed by atoms with Crippen LogP contribution in [-0.4, -0.2) is 39.7 Å². The maximum atomic E-state index is 5.25. The van der Waals surface area contributed by atoms with Gasteiger partial charge in [-0.15, -0.1) is 0 Å². The molecule has 0 bridgehead atoms. The Labute approximate surface area is 188 Å². The molecule has 0 saturated heterocycles. The van der Waals surface area contributed by atoms with Crippen molar-refractivity contribution in [1.82, 2.24) is 26.5 Å². The Morgan fingerprint density at radius 3 is 1.93 bits per heavy atom. The van der Waals surface area contributed by atoms with Gasteiger partial charge in [0.25, 0.3) is 0 Å². The summed E-state index contributed by atoms with van der Waals surface area (Å²) in [5.41, 5.74) is 9.23. The number of hydrazone groups is 2. The second-order valence-electron chi connectivity index (χ2n) is 6.42. The largest absolute Gasteiger partial charge is 0.361 e. The highest BCUT2D eigenvalue weighted by Crippen LogP contribution is 1.99. The monoisotopic (exact) mass is 441 g/mol. The van der Waals surface area contributed by atoms with E-state index in [0.29, 0.717) is 10.2 Å². The number of hydrogen-bond donors (Lipinski definition) is 4. The first-order valence-electron chi connectivity index (χ1n) is 9.69. The molecule has 0 atom stereocenters. The zero-order valence-corrected chi connectivity index (χ0v) is 18.8. The van der Waals surface area contributed by atoms with Gasteiger partial charge in [0.2, 0.25) is 0 Å². The van der Waals surface area contributed by atoms with E-state index in [0.717, 1.165) is 48.6 Å². The first-order chi connectivity index (χ1) is 14.6. The molecule has 158 valence electrons. The van der Waals surface area contributed by atoms with Gasteiger partial charge in [-0.3, -0.25) is 15.8 Å². The number of hydrogen-bond acceptors (Lipinski definition) is 5. The van der Waals surface area contributed by atoms with Crippen LogP contribution in [0.25, 0.3) is 0 Å².